The molecule has 3 N–H and O–H groups in total. The highest BCUT2D eigenvalue weighted by atomic mass is 35.5. The van der Waals surface area contributed by atoms with Crippen LogP contribution in [0.3, 0.4) is 0 Å². The Labute approximate surface area is 168 Å². The maximum atomic E-state index is 12.3. The van der Waals surface area contributed by atoms with E-state index in [1.165, 1.54) is 11.3 Å². The third-order valence-corrected chi connectivity index (χ3v) is 4.69. The lowest BCUT2D eigenvalue weighted by molar-refractivity contribution is -0.122. The van der Waals surface area contributed by atoms with Crippen LogP contribution in [0.1, 0.15) is 23.6 Å². The monoisotopic (exact) mass is 395 g/mol. The van der Waals surface area contributed by atoms with E-state index < -0.39 is 6.04 Å². The molecular formula is C20H27Cl2N3O. The summed E-state index contributed by atoms with van der Waals surface area (Å²) in [6, 6.07) is 17.6. The molecule has 1 aliphatic heterocycles. The molecule has 1 fully saturated rings. The first-order valence-corrected chi connectivity index (χ1v) is 8.53. The molecule has 0 aromatic heterocycles. The molecule has 1 heterocycles. The van der Waals surface area contributed by atoms with Gasteiger partial charge in [-0.1, -0.05) is 48.0 Å². The van der Waals surface area contributed by atoms with Crippen LogP contribution in [-0.2, 0) is 4.79 Å². The van der Waals surface area contributed by atoms with Gasteiger partial charge in [0.25, 0.3) is 0 Å². The van der Waals surface area contributed by atoms with Crippen LogP contribution in [0, 0.1) is 12.8 Å². The lowest BCUT2D eigenvalue weighted by atomic mass is 10.0. The minimum Gasteiger partial charge on any atom is -0.371 e. The molecule has 1 saturated heterocycles. The molecule has 0 radical (unpaired) electrons. The molecule has 0 saturated carbocycles. The third kappa shape index (κ3) is 5.63. The Morgan fingerprint density at radius 2 is 1.81 bits per heavy atom. The van der Waals surface area contributed by atoms with Crippen molar-refractivity contribution >= 4 is 36.4 Å². The molecule has 0 bridgehead atoms. The second kappa shape index (κ2) is 10.4. The van der Waals surface area contributed by atoms with Crippen molar-refractivity contribution < 1.29 is 4.79 Å². The topological polar surface area (TPSA) is 58.4 Å². The Hall–Kier alpha value is -1.75. The molecule has 26 heavy (non-hydrogen) atoms. The highest BCUT2D eigenvalue weighted by Gasteiger charge is 2.24. The number of anilines is 1. The van der Waals surface area contributed by atoms with Crippen molar-refractivity contribution in [3.05, 3.63) is 65.7 Å². The molecule has 2 unspecified atom stereocenters. The zero-order valence-corrected chi connectivity index (χ0v) is 16.6. The second-order valence-corrected chi connectivity index (χ2v) is 6.57. The molecule has 4 nitrogen and oxygen atoms in total. The van der Waals surface area contributed by atoms with Gasteiger partial charge in [0.15, 0.2) is 0 Å². The summed E-state index contributed by atoms with van der Waals surface area (Å²) >= 11 is 0. The number of nitrogens with one attached hydrogen (secondary N) is 1. The lowest BCUT2D eigenvalue weighted by Gasteiger charge is -2.19. The predicted molar refractivity (Wildman–Crippen MR) is 112 cm³/mol. The molecule has 1 aliphatic rings. The Balaban J connectivity index is 0.00000169. The minimum absolute atomic E-state index is 0. The van der Waals surface area contributed by atoms with Gasteiger partial charge >= 0.3 is 0 Å². The Morgan fingerprint density at radius 3 is 2.46 bits per heavy atom. The maximum absolute atomic E-state index is 12.3. The summed E-state index contributed by atoms with van der Waals surface area (Å²) in [7, 11) is 0. The van der Waals surface area contributed by atoms with E-state index in [0.29, 0.717) is 12.5 Å². The molecule has 142 valence electrons. The van der Waals surface area contributed by atoms with Gasteiger partial charge in [-0.05, 0) is 37.0 Å². The summed E-state index contributed by atoms with van der Waals surface area (Å²) in [6.07, 6.45) is 1.09. The smallest absolute Gasteiger partial charge is 0.241 e. The SMILES string of the molecule is Cc1ccc(C(N)C(=O)NCC2CCN(c3ccccc3)C2)cc1.Cl.Cl. The standard InChI is InChI=1S/C20H25N3O.2ClH/c1-15-7-9-17(10-8-15)19(21)20(24)22-13-16-11-12-23(14-16)18-5-3-2-4-6-18;;/h2-10,16,19H,11-14,21H2,1H3,(H,22,24);2*1H. The van der Waals surface area contributed by atoms with Crippen LogP contribution in [0.2, 0.25) is 0 Å². The number of halogens is 2. The quantitative estimate of drug-likeness (QED) is 0.814. The average Bonchev–Trinajstić information content (AvgIpc) is 3.09. The zero-order chi connectivity index (χ0) is 16.9. The number of amides is 1. The number of para-hydroxylation sites is 1. The summed E-state index contributed by atoms with van der Waals surface area (Å²) in [5.74, 6) is 0.372. The van der Waals surface area contributed by atoms with Crippen molar-refractivity contribution in [2.75, 3.05) is 24.5 Å². The van der Waals surface area contributed by atoms with Gasteiger partial charge < -0.3 is 16.0 Å². The van der Waals surface area contributed by atoms with Crippen molar-refractivity contribution in [3.63, 3.8) is 0 Å². The number of hydrogen-bond donors (Lipinski definition) is 2. The van der Waals surface area contributed by atoms with E-state index in [-0.39, 0.29) is 30.7 Å². The molecule has 3 rings (SSSR count). The van der Waals surface area contributed by atoms with Crippen LogP contribution in [0.4, 0.5) is 5.69 Å². The number of hydrogen-bond acceptors (Lipinski definition) is 3. The van der Waals surface area contributed by atoms with Gasteiger partial charge in [-0.15, -0.1) is 24.8 Å². The normalized spacial score (nSPS) is 17.0. The van der Waals surface area contributed by atoms with Crippen LogP contribution in [0.25, 0.3) is 0 Å². The maximum Gasteiger partial charge on any atom is 0.241 e. The van der Waals surface area contributed by atoms with Gasteiger partial charge in [-0.3, -0.25) is 4.79 Å². The van der Waals surface area contributed by atoms with Crippen LogP contribution in [0.5, 0.6) is 0 Å². The first-order chi connectivity index (χ1) is 11.6. The van der Waals surface area contributed by atoms with Gasteiger partial charge in [0.05, 0.1) is 0 Å². The molecule has 1 amide bonds. The lowest BCUT2D eigenvalue weighted by Crippen LogP contribution is -2.37. The summed E-state index contributed by atoms with van der Waals surface area (Å²) in [4.78, 5) is 14.7. The van der Waals surface area contributed by atoms with Crippen LogP contribution in [0.15, 0.2) is 54.6 Å². The molecule has 2 atom stereocenters. The van der Waals surface area contributed by atoms with Crippen molar-refractivity contribution in [2.24, 2.45) is 11.7 Å². The molecule has 2 aromatic carbocycles. The first kappa shape index (κ1) is 22.3. The fourth-order valence-corrected chi connectivity index (χ4v) is 3.15. The Morgan fingerprint density at radius 1 is 1.15 bits per heavy atom. The second-order valence-electron chi connectivity index (χ2n) is 6.57. The number of carbonyl (C=O) groups is 1. The fourth-order valence-electron chi connectivity index (χ4n) is 3.15. The number of carbonyl (C=O) groups excluding carboxylic acids is 1. The first-order valence-electron chi connectivity index (χ1n) is 8.53. The van der Waals surface area contributed by atoms with E-state index >= 15 is 0 Å². The summed E-state index contributed by atoms with van der Waals surface area (Å²) < 4.78 is 0. The van der Waals surface area contributed by atoms with E-state index in [2.05, 4.69) is 34.5 Å². The molecule has 0 spiro atoms. The van der Waals surface area contributed by atoms with Gasteiger partial charge in [-0.25, -0.2) is 0 Å². The van der Waals surface area contributed by atoms with Gasteiger partial charge in [0.1, 0.15) is 6.04 Å². The van der Waals surface area contributed by atoms with E-state index in [1.54, 1.807) is 0 Å². The Kier molecular flexibility index (Phi) is 8.93. The van der Waals surface area contributed by atoms with E-state index in [0.717, 1.165) is 25.1 Å². The number of nitrogens with two attached hydrogens (primary N) is 1. The van der Waals surface area contributed by atoms with E-state index in [1.807, 2.05) is 37.3 Å². The molecule has 6 heteroatoms. The van der Waals surface area contributed by atoms with Gasteiger partial charge in [0.2, 0.25) is 5.91 Å². The number of benzene rings is 2. The zero-order valence-electron chi connectivity index (χ0n) is 14.9. The largest absolute Gasteiger partial charge is 0.371 e. The van der Waals surface area contributed by atoms with Gasteiger partial charge in [0, 0.05) is 25.3 Å². The number of nitrogens with zero attached hydrogens (tertiary/aromatic N) is 1. The third-order valence-electron chi connectivity index (χ3n) is 4.69. The average molecular weight is 396 g/mol. The predicted octanol–water partition coefficient (Wildman–Crippen LogP) is 3.48. The van der Waals surface area contributed by atoms with Crippen LogP contribution in [-0.4, -0.2) is 25.5 Å². The summed E-state index contributed by atoms with van der Waals surface area (Å²) in [5.41, 5.74) is 9.34. The highest BCUT2D eigenvalue weighted by molar-refractivity contribution is 5.85. The summed E-state index contributed by atoms with van der Waals surface area (Å²) in [6.45, 7) is 4.72. The van der Waals surface area contributed by atoms with Crippen molar-refractivity contribution in [3.8, 4) is 0 Å². The molecule has 2 aromatic rings. The molecule has 0 aliphatic carbocycles. The van der Waals surface area contributed by atoms with Crippen molar-refractivity contribution in [2.45, 2.75) is 19.4 Å². The van der Waals surface area contributed by atoms with Gasteiger partial charge in [-0.2, -0.15) is 0 Å². The fraction of sp³-hybridized carbons (Fsp3) is 0.350. The highest BCUT2D eigenvalue weighted by Crippen LogP contribution is 2.23. The number of aryl methyl sites for hydroxylation is 1. The van der Waals surface area contributed by atoms with Crippen LogP contribution < -0.4 is 16.0 Å². The molecular weight excluding hydrogens is 369 g/mol. The van der Waals surface area contributed by atoms with Crippen molar-refractivity contribution in [1.29, 1.82) is 0 Å². The van der Waals surface area contributed by atoms with E-state index in [4.69, 9.17) is 5.73 Å². The van der Waals surface area contributed by atoms with Crippen LogP contribution >= 0.6 is 24.8 Å². The number of rotatable bonds is 5. The summed E-state index contributed by atoms with van der Waals surface area (Å²) in [5, 5.41) is 3.02. The van der Waals surface area contributed by atoms with Crippen molar-refractivity contribution in [1.82, 2.24) is 5.32 Å². The van der Waals surface area contributed by atoms with E-state index in [9.17, 15) is 4.79 Å². The Bertz CT molecular complexity index is 679. The minimum atomic E-state index is -0.600.